The number of benzene rings is 1. The van der Waals surface area contributed by atoms with Crippen molar-refractivity contribution in [3.8, 4) is 0 Å². The Hall–Kier alpha value is -2.20. The Kier molecular flexibility index (Phi) is 3.48. The van der Waals surface area contributed by atoms with Gasteiger partial charge in [0.05, 0.1) is 0 Å². The van der Waals surface area contributed by atoms with Crippen molar-refractivity contribution in [2.24, 2.45) is 0 Å². The van der Waals surface area contributed by atoms with Crippen LogP contribution < -0.4 is 5.32 Å². The highest BCUT2D eigenvalue weighted by atomic mass is 35.5. The molecular formula is C15H13ClN4. The van der Waals surface area contributed by atoms with Crippen LogP contribution in [0.1, 0.15) is 18.5 Å². The van der Waals surface area contributed by atoms with E-state index in [1.165, 1.54) is 0 Å². The van der Waals surface area contributed by atoms with Crippen molar-refractivity contribution in [2.75, 3.05) is 5.32 Å². The van der Waals surface area contributed by atoms with Crippen LogP contribution in [-0.2, 0) is 0 Å². The third-order valence-electron chi connectivity index (χ3n) is 3.04. The van der Waals surface area contributed by atoms with Crippen molar-refractivity contribution >= 4 is 28.6 Å². The molecule has 0 fully saturated rings. The summed E-state index contributed by atoms with van der Waals surface area (Å²) in [4.78, 5) is 12.8. The number of hydrogen-bond donors (Lipinski definition) is 1. The second-order valence-corrected chi connectivity index (χ2v) is 4.95. The first-order chi connectivity index (χ1) is 9.72. The molecular weight excluding hydrogens is 272 g/mol. The van der Waals surface area contributed by atoms with Crippen molar-refractivity contribution in [1.82, 2.24) is 15.0 Å². The van der Waals surface area contributed by atoms with Crippen LogP contribution in [0.25, 0.3) is 11.2 Å². The van der Waals surface area contributed by atoms with Crippen LogP contribution in [0.3, 0.4) is 0 Å². The van der Waals surface area contributed by atoms with Gasteiger partial charge in [0.25, 0.3) is 0 Å². The van der Waals surface area contributed by atoms with Crippen LogP contribution in [0.5, 0.6) is 0 Å². The fourth-order valence-corrected chi connectivity index (χ4v) is 2.21. The largest absolute Gasteiger partial charge is 0.363 e. The maximum Gasteiger partial charge on any atom is 0.180 e. The Morgan fingerprint density at radius 3 is 2.80 bits per heavy atom. The smallest absolute Gasteiger partial charge is 0.180 e. The zero-order valence-electron chi connectivity index (χ0n) is 10.9. The lowest BCUT2D eigenvalue weighted by atomic mass is 10.1. The van der Waals surface area contributed by atoms with Gasteiger partial charge in [-0.2, -0.15) is 0 Å². The molecule has 0 amide bonds. The van der Waals surface area contributed by atoms with Gasteiger partial charge in [-0.15, -0.1) is 0 Å². The Morgan fingerprint density at radius 2 is 1.95 bits per heavy atom. The maximum atomic E-state index is 6.01. The van der Waals surface area contributed by atoms with E-state index in [1.807, 2.05) is 36.4 Å². The van der Waals surface area contributed by atoms with E-state index in [2.05, 4.69) is 27.2 Å². The lowest BCUT2D eigenvalue weighted by Gasteiger charge is -2.15. The van der Waals surface area contributed by atoms with Gasteiger partial charge in [-0.3, -0.25) is 4.98 Å². The average Bonchev–Trinajstić information content (AvgIpc) is 2.47. The first-order valence-corrected chi connectivity index (χ1v) is 6.70. The van der Waals surface area contributed by atoms with E-state index in [1.54, 1.807) is 12.4 Å². The lowest BCUT2D eigenvalue weighted by Crippen LogP contribution is -2.08. The summed E-state index contributed by atoms with van der Waals surface area (Å²) in [6, 6.07) is 11.7. The summed E-state index contributed by atoms with van der Waals surface area (Å²) in [5.41, 5.74) is 2.53. The Balaban J connectivity index is 1.85. The average molecular weight is 285 g/mol. The van der Waals surface area contributed by atoms with Crippen molar-refractivity contribution < 1.29 is 0 Å². The number of nitrogens with one attached hydrogen (secondary N) is 1. The van der Waals surface area contributed by atoms with Crippen molar-refractivity contribution in [3.63, 3.8) is 0 Å². The van der Waals surface area contributed by atoms with E-state index in [9.17, 15) is 0 Å². The minimum atomic E-state index is 0.107. The number of pyridine rings is 1. The topological polar surface area (TPSA) is 50.7 Å². The zero-order chi connectivity index (χ0) is 13.9. The van der Waals surface area contributed by atoms with Gasteiger partial charge >= 0.3 is 0 Å². The van der Waals surface area contributed by atoms with Crippen molar-refractivity contribution in [3.05, 3.63) is 59.4 Å². The van der Waals surface area contributed by atoms with E-state index >= 15 is 0 Å². The van der Waals surface area contributed by atoms with Crippen LogP contribution in [0.4, 0.5) is 5.82 Å². The molecule has 3 rings (SSSR count). The predicted octanol–water partition coefficient (Wildman–Crippen LogP) is 3.85. The molecule has 4 nitrogen and oxygen atoms in total. The van der Waals surface area contributed by atoms with E-state index in [0.717, 1.165) is 21.9 Å². The highest BCUT2D eigenvalue weighted by Crippen LogP contribution is 2.21. The quantitative estimate of drug-likeness (QED) is 0.794. The Labute approximate surface area is 121 Å². The van der Waals surface area contributed by atoms with E-state index in [0.29, 0.717) is 5.65 Å². The van der Waals surface area contributed by atoms with Crippen LogP contribution in [0.2, 0.25) is 5.02 Å². The van der Waals surface area contributed by atoms with Gasteiger partial charge in [-0.25, -0.2) is 9.97 Å². The summed E-state index contributed by atoms with van der Waals surface area (Å²) in [6.07, 6.45) is 3.30. The molecule has 0 unspecified atom stereocenters. The predicted molar refractivity (Wildman–Crippen MR) is 80.8 cm³/mol. The van der Waals surface area contributed by atoms with Crippen molar-refractivity contribution in [1.29, 1.82) is 0 Å². The van der Waals surface area contributed by atoms with Gasteiger partial charge in [0.2, 0.25) is 0 Å². The standard InChI is InChI=1S/C15H13ClN4/c1-10(11-3-2-4-12(16)9-11)19-14-6-5-13-15(20-14)18-8-7-17-13/h2-10H,1H3,(H,18,19,20)/t10-/m1/s1. The molecule has 0 saturated carbocycles. The fourth-order valence-electron chi connectivity index (χ4n) is 2.02. The summed E-state index contributed by atoms with van der Waals surface area (Å²) in [6.45, 7) is 2.06. The van der Waals surface area contributed by atoms with Crippen LogP contribution in [-0.4, -0.2) is 15.0 Å². The van der Waals surface area contributed by atoms with Gasteiger partial charge in [-0.1, -0.05) is 23.7 Å². The van der Waals surface area contributed by atoms with E-state index in [-0.39, 0.29) is 6.04 Å². The number of nitrogens with zero attached hydrogens (tertiary/aromatic N) is 3. The molecule has 1 aromatic carbocycles. The SMILES string of the molecule is C[C@@H](Nc1ccc2nccnc2n1)c1cccc(Cl)c1. The van der Waals surface area contributed by atoms with Crippen LogP contribution in [0.15, 0.2) is 48.8 Å². The van der Waals surface area contributed by atoms with Gasteiger partial charge < -0.3 is 5.32 Å². The molecule has 3 aromatic rings. The molecule has 20 heavy (non-hydrogen) atoms. The first-order valence-electron chi connectivity index (χ1n) is 6.32. The van der Waals surface area contributed by atoms with E-state index < -0.39 is 0 Å². The number of halogens is 1. The molecule has 1 atom stereocenters. The highest BCUT2D eigenvalue weighted by molar-refractivity contribution is 6.30. The first kappa shape index (κ1) is 12.8. The van der Waals surface area contributed by atoms with Gasteiger partial charge in [0, 0.05) is 23.5 Å². The molecule has 0 aliphatic carbocycles. The Morgan fingerprint density at radius 1 is 1.10 bits per heavy atom. The summed E-state index contributed by atoms with van der Waals surface area (Å²) in [5.74, 6) is 0.769. The number of fused-ring (bicyclic) bond motifs is 1. The molecule has 1 N–H and O–H groups in total. The molecule has 5 heteroatoms. The molecule has 0 bridgehead atoms. The highest BCUT2D eigenvalue weighted by Gasteiger charge is 2.07. The minimum absolute atomic E-state index is 0.107. The molecule has 100 valence electrons. The number of anilines is 1. The second-order valence-electron chi connectivity index (χ2n) is 4.52. The molecule has 0 aliphatic heterocycles. The summed E-state index contributed by atoms with van der Waals surface area (Å²) in [7, 11) is 0. The minimum Gasteiger partial charge on any atom is -0.363 e. The summed E-state index contributed by atoms with van der Waals surface area (Å²) in [5, 5.41) is 4.07. The van der Waals surface area contributed by atoms with Crippen LogP contribution in [0, 0.1) is 0 Å². The van der Waals surface area contributed by atoms with Gasteiger partial charge in [-0.05, 0) is 36.8 Å². The zero-order valence-corrected chi connectivity index (χ0v) is 11.7. The normalized spacial score (nSPS) is 12.3. The fraction of sp³-hybridized carbons (Fsp3) is 0.133. The van der Waals surface area contributed by atoms with Crippen molar-refractivity contribution in [2.45, 2.75) is 13.0 Å². The summed E-state index contributed by atoms with van der Waals surface area (Å²) < 4.78 is 0. The number of aromatic nitrogens is 3. The number of hydrogen-bond acceptors (Lipinski definition) is 4. The van der Waals surface area contributed by atoms with Crippen LogP contribution >= 0.6 is 11.6 Å². The van der Waals surface area contributed by atoms with Gasteiger partial charge in [0.1, 0.15) is 11.3 Å². The Bertz CT molecular complexity index is 745. The summed E-state index contributed by atoms with van der Waals surface area (Å²) >= 11 is 6.01. The lowest BCUT2D eigenvalue weighted by molar-refractivity contribution is 0.876. The third-order valence-corrected chi connectivity index (χ3v) is 3.28. The van der Waals surface area contributed by atoms with Gasteiger partial charge in [0.15, 0.2) is 5.65 Å². The maximum absolute atomic E-state index is 6.01. The monoisotopic (exact) mass is 284 g/mol. The number of rotatable bonds is 3. The molecule has 0 radical (unpaired) electrons. The molecule has 0 spiro atoms. The molecule has 2 heterocycles. The van der Waals surface area contributed by atoms with E-state index in [4.69, 9.17) is 11.6 Å². The second kappa shape index (κ2) is 5.43. The molecule has 0 aliphatic rings. The molecule has 0 saturated heterocycles. The molecule has 2 aromatic heterocycles. The third kappa shape index (κ3) is 2.70.